The van der Waals surface area contributed by atoms with Gasteiger partial charge >= 0.3 is 5.97 Å². The molecule has 0 saturated carbocycles. The van der Waals surface area contributed by atoms with Crippen LogP contribution in [0, 0.1) is 0 Å². The van der Waals surface area contributed by atoms with Crippen LogP contribution in [0.2, 0.25) is 0 Å². The van der Waals surface area contributed by atoms with Crippen LogP contribution in [-0.4, -0.2) is 41.1 Å². The van der Waals surface area contributed by atoms with Gasteiger partial charge in [-0.2, -0.15) is 0 Å². The van der Waals surface area contributed by atoms with Crippen LogP contribution >= 0.6 is 31.9 Å². The number of aliphatic carboxylic acids is 1. The summed E-state index contributed by atoms with van der Waals surface area (Å²) in [4.78, 5) is 24.4. The number of amides is 1. The quantitative estimate of drug-likeness (QED) is 0.834. The van der Waals surface area contributed by atoms with E-state index in [1.54, 1.807) is 12.1 Å². The van der Waals surface area contributed by atoms with E-state index in [9.17, 15) is 9.59 Å². The molecular formula is C13H13Br2NO4. The number of carbonyl (C=O) groups excluding carboxylic acids is 1. The van der Waals surface area contributed by atoms with Gasteiger partial charge in [0.2, 0.25) is 0 Å². The van der Waals surface area contributed by atoms with Gasteiger partial charge in [0.1, 0.15) is 11.8 Å². The van der Waals surface area contributed by atoms with Crippen molar-refractivity contribution < 1.29 is 19.4 Å². The summed E-state index contributed by atoms with van der Waals surface area (Å²) >= 11 is 6.67. The Hall–Kier alpha value is -1.08. The molecule has 0 aliphatic carbocycles. The minimum atomic E-state index is -0.958. The third-order valence-corrected chi connectivity index (χ3v) is 4.22. The molecule has 1 amide bonds. The van der Waals surface area contributed by atoms with Gasteiger partial charge in [0, 0.05) is 11.0 Å². The first-order chi connectivity index (χ1) is 9.49. The first-order valence-corrected chi connectivity index (χ1v) is 7.68. The summed E-state index contributed by atoms with van der Waals surface area (Å²) < 4.78 is 7.07. The third-order valence-electron chi connectivity index (χ3n) is 3.10. The zero-order chi connectivity index (χ0) is 14.7. The molecule has 0 aromatic heterocycles. The predicted molar refractivity (Wildman–Crippen MR) is 79.7 cm³/mol. The van der Waals surface area contributed by atoms with E-state index < -0.39 is 12.0 Å². The van der Waals surface area contributed by atoms with Crippen molar-refractivity contribution >= 4 is 43.7 Å². The lowest BCUT2D eigenvalue weighted by Gasteiger charge is -2.21. The minimum Gasteiger partial charge on any atom is -0.483 e. The summed E-state index contributed by atoms with van der Waals surface area (Å²) in [5.41, 5.74) is 0. The van der Waals surface area contributed by atoms with Crippen LogP contribution in [0.5, 0.6) is 5.75 Å². The van der Waals surface area contributed by atoms with Gasteiger partial charge in [-0.1, -0.05) is 15.9 Å². The average Bonchev–Trinajstić information content (AvgIpc) is 2.86. The maximum Gasteiger partial charge on any atom is 0.326 e. The average molecular weight is 407 g/mol. The number of hydrogen-bond acceptors (Lipinski definition) is 3. The van der Waals surface area contributed by atoms with Crippen molar-refractivity contribution in [1.82, 2.24) is 4.90 Å². The van der Waals surface area contributed by atoms with E-state index in [-0.39, 0.29) is 12.5 Å². The fraction of sp³-hybridized carbons (Fsp3) is 0.385. The number of halogens is 2. The summed E-state index contributed by atoms with van der Waals surface area (Å²) in [6, 6.07) is 4.63. The lowest BCUT2D eigenvalue weighted by Crippen LogP contribution is -2.42. The summed E-state index contributed by atoms with van der Waals surface area (Å²) in [5.74, 6) is -0.710. The molecule has 1 aromatic rings. The van der Waals surface area contributed by atoms with Crippen LogP contribution in [0.15, 0.2) is 27.1 Å². The highest BCUT2D eigenvalue weighted by Crippen LogP contribution is 2.28. The Bertz CT molecular complexity index is 535. The third kappa shape index (κ3) is 3.52. The van der Waals surface area contributed by atoms with Gasteiger partial charge in [-0.25, -0.2) is 4.79 Å². The summed E-state index contributed by atoms with van der Waals surface area (Å²) in [6.45, 7) is 0.310. The van der Waals surface area contributed by atoms with Crippen LogP contribution in [0.1, 0.15) is 12.8 Å². The number of rotatable bonds is 4. The van der Waals surface area contributed by atoms with Crippen LogP contribution in [-0.2, 0) is 9.59 Å². The van der Waals surface area contributed by atoms with Crippen LogP contribution in [0.3, 0.4) is 0 Å². The lowest BCUT2D eigenvalue weighted by atomic mass is 10.2. The molecule has 1 saturated heterocycles. The Kier molecular flexibility index (Phi) is 5.04. The molecule has 1 aromatic carbocycles. The molecule has 5 nitrogen and oxygen atoms in total. The molecule has 0 radical (unpaired) electrons. The van der Waals surface area contributed by atoms with Crippen LogP contribution in [0.4, 0.5) is 0 Å². The van der Waals surface area contributed by atoms with E-state index in [2.05, 4.69) is 31.9 Å². The maximum absolute atomic E-state index is 12.0. The molecule has 108 valence electrons. The van der Waals surface area contributed by atoms with Crippen molar-refractivity contribution in [1.29, 1.82) is 0 Å². The molecule has 1 aliphatic heterocycles. The van der Waals surface area contributed by atoms with E-state index in [1.807, 2.05) is 6.07 Å². The number of carboxylic acid groups (broad SMARTS) is 1. The number of nitrogens with zero attached hydrogens (tertiary/aromatic N) is 1. The zero-order valence-electron chi connectivity index (χ0n) is 10.5. The first-order valence-electron chi connectivity index (χ1n) is 6.09. The number of carboxylic acids is 1. The van der Waals surface area contributed by atoms with E-state index in [0.717, 1.165) is 8.95 Å². The van der Waals surface area contributed by atoms with Crippen molar-refractivity contribution in [2.75, 3.05) is 13.2 Å². The van der Waals surface area contributed by atoms with Crippen LogP contribution in [0.25, 0.3) is 0 Å². The highest BCUT2D eigenvalue weighted by atomic mass is 79.9. The Morgan fingerprint density at radius 3 is 2.80 bits per heavy atom. The van der Waals surface area contributed by atoms with Crippen molar-refractivity contribution in [2.45, 2.75) is 18.9 Å². The topological polar surface area (TPSA) is 66.8 Å². The molecule has 1 heterocycles. The van der Waals surface area contributed by atoms with E-state index >= 15 is 0 Å². The highest BCUT2D eigenvalue weighted by Gasteiger charge is 2.33. The van der Waals surface area contributed by atoms with Gasteiger partial charge in [0.25, 0.3) is 5.91 Å². The van der Waals surface area contributed by atoms with Crippen molar-refractivity contribution in [3.63, 3.8) is 0 Å². The largest absolute Gasteiger partial charge is 0.483 e. The Labute approximate surface area is 133 Å². The lowest BCUT2D eigenvalue weighted by molar-refractivity contribution is -0.148. The first kappa shape index (κ1) is 15.3. The number of hydrogen-bond donors (Lipinski definition) is 1. The van der Waals surface area contributed by atoms with Gasteiger partial charge in [0.15, 0.2) is 6.61 Å². The molecule has 1 fully saturated rings. The summed E-state index contributed by atoms with van der Waals surface area (Å²) in [6.07, 6.45) is 1.22. The molecule has 1 N–H and O–H groups in total. The molecule has 0 bridgehead atoms. The normalized spacial score (nSPS) is 18.1. The van der Waals surface area contributed by atoms with E-state index in [1.165, 1.54) is 4.90 Å². The van der Waals surface area contributed by atoms with E-state index in [0.29, 0.717) is 25.1 Å². The Morgan fingerprint density at radius 2 is 2.15 bits per heavy atom. The smallest absolute Gasteiger partial charge is 0.326 e. The minimum absolute atomic E-state index is 0.163. The summed E-state index contributed by atoms with van der Waals surface area (Å²) in [7, 11) is 0. The monoisotopic (exact) mass is 405 g/mol. The van der Waals surface area contributed by atoms with Crippen LogP contribution < -0.4 is 4.74 Å². The van der Waals surface area contributed by atoms with Crippen molar-refractivity contribution in [2.24, 2.45) is 0 Å². The molecule has 0 unspecified atom stereocenters. The van der Waals surface area contributed by atoms with Gasteiger partial charge in [-0.05, 0) is 47.0 Å². The molecule has 1 aliphatic rings. The van der Waals surface area contributed by atoms with Crippen molar-refractivity contribution in [3.8, 4) is 5.75 Å². The fourth-order valence-corrected chi connectivity index (χ4v) is 3.30. The molecule has 1 atom stereocenters. The summed E-state index contributed by atoms with van der Waals surface area (Å²) in [5, 5.41) is 9.05. The number of carbonyl (C=O) groups is 2. The Morgan fingerprint density at radius 1 is 1.40 bits per heavy atom. The predicted octanol–water partition coefficient (Wildman–Crippen LogP) is 2.67. The van der Waals surface area contributed by atoms with Gasteiger partial charge in [-0.3, -0.25) is 4.79 Å². The molecule has 20 heavy (non-hydrogen) atoms. The molecule has 7 heteroatoms. The Balaban J connectivity index is 1.96. The van der Waals surface area contributed by atoms with Crippen molar-refractivity contribution in [3.05, 3.63) is 27.1 Å². The number of ether oxygens (including phenoxy) is 1. The zero-order valence-corrected chi connectivity index (χ0v) is 13.7. The maximum atomic E-state index is 12.0. The molecule has 0 spiro atoms. The SMILES string of the molecule is O=C(O)[C@@H]1CCCN1C(=O)COc1ccc(Br)cc1Br. The van der Waals surface area contributed by atoms with Gasteiger partial charge in [-0.15, -0.1) is 0 Å². The van der Waals surface area contributed by atoms with E-state index in [4.69, 9.17) is 9.84 Å². The standard InChI is InChI=1S/C13H13Br2NO4/c14-8-3-4-11(9(15)6-8)20-7-12(17)16-5-1-2-10(16)13(18)19/h3-4,6,10H,1-2,5,7H2,(H,18,19)/t10-/m0/s1. The molecular weight excluding hydrogens is 394 g/mol. The van der Waals surface area contributed by atoms with Gasteiger partial charge < -0.3 is 14.7 Å². The second-order valence-corrected chi connectivity index (χ2v) is 6.22. The van der Waals surface area contributed by atoms with Gasteiger partial charge in [0.05, 0.1) is 4.47 Å². The number of benzene rings is 1. The number of likely N-dealkylation sites (tertiary alicyclic amines) is 1. The highest BCUT2D eigenvalue weighted by molar-refractivity contribution is 9.11. The second-order valence-electron chi connectivity index (χ2n) is 4.45. The fourth-order valence-electron chi connectivity index (χ4n) is 2.14. The second kappa shape index (κ2) is 6.58. The molecule has 2 rings (SSSR count).